The number of nitrogens with one attached hydrogen (secondary N) is 1. The Kier molecular flexibility index (Phi) is 4.07. The van der Waals surface area contributed by atoms with Gasteiger partial charge in [0.2, 0.25) is 0 Å². The highest BCUT2D eigenvalue weighted by molar-refractivity contribution is 7.25. The number of hydrogen-bond acceptors (Lipinski definition) is 5. The van der Waals surface area contributed by atoms with E-state index in [4.69, 9.17) is 4.74 Å². The highest BCUT2D eigenvalue weighted by atomic mass is 32.1. The zero-order chi connectivity index (χ0) is 20.2. The highest BCUT2D eigenvalue weighted by Gasteiger charge is 2.38. The third kappa shape index (κ3) is 2.73. The second kappa shape index (κ2) is 6.82. The van der Waals surface area contributed by atoms with Crippen LogP contribution in [0.2, 0.25) is 0 Å². The molecule has 0 saturated carbocycles. The van der Waals surface area contributed by atoms with Crippen molar-refractivity contribution >= 4 is 31.6 Å². The lowest BCUT2D eigenvalue weighted by atomic mass is 9.87. The third-order valence-corrected chi connectivity index (χ3v) is 7.60. The van der Waals surface area contributed by atoms with Gasteiger partial charge in [-0.15, -0.1) is 11.3 Å². The van der Waals surface area contributed by atoms with Crippen molar-refractivity contribution in [2.24, 2.45) is 5.92 Å². The SMILES string of the molecule is O=c1[nH]c2c(sc3ccccc32)c(=O)n1CCN1C[C@@H]2COc3ccccc3[C@@H]2C1. The Morgan fingerprint density at radius 1 is 1.03 bits per heavy atom. The molecule has 0 bridgehead atoms. The molecule has 0 radical (unpaired) electrons. The van der Waals surface area contributed by atoms with Crippen LogP contribution in [0.5, 0.6) is 5.75 Å². The van der Waals surface area contributed by atoms with Crippen LogP contribution in [0.1, 0.15) is 11.5 Å². The van der Waals surface area contributed by atoms with E-state index in [1.807, 2.05) is 36.4 Å². The largest absolute Gasteiger partial charge is 0.493 e. The normalized spacial score (nSPS) is 20.9. The van der Waals surface area contributed by atoms with Crippen molar-refractivity contribution in [3.63, 3.8) is 0 Å². The number of thiophene rings is 1. The molecule has 4 aromatic rings. The summed E-state index contributed by atoms with van der Waals surface area (Å²) in [5.74, 6) is 1.90. The summed E-state index contributed by atoms with van der Waals surface area (Å²) < 4.78 is 8.91. The molecule has 0 amide bonds. The molecule has 2 aromatic carbocycles. The van der Waals surface area contributed by atoms with Crippen LogP contribution >= 0.6 is 11.3 Å². The zero-order valence-corrected chi connectivity index (χ0v) is 17.2. The maximum atomic E-state index is 13.1. The minimum Gasteiger partial charge on any atom is -0.493 e. The number of aromatic nitrogens is 2. The molecule has 0 aliphatic carbocycles. The second-order valence-electron chi connectivity index (χ2n) is 8.16. The van der Waals surface area contributed by atoms with E-state index in [9.17, 15) is 9.59 Å². The van der Waals surface area contributed by atoms with Gasteiger partial charge in [0, 0.05) is 48.1 Å². The number of aromatic amines is 1. The van der Waals surface area contributed by atoms with E-state index in [1.165, 1.54) is 21.5 Å². The smallest absolute Gasteiger partial charge is 0.328 e. The van der Waals surface area contributed by atoms with E-state index in [2.05, 4.69) is 22.0 Å². The summed E-state index contributed by atoms with van der Waals surface area (Å²) in [6.07, 6.45) is 0. The van der Waals surface area contributed by atoms with E-state index in [1.54, 1.807) is 0 Å². The van der Waals surface area contributed by atoms with Gasteiger partial charge in [0.25, 0.3) is 5.56 Å². The molecule has 2 aromatic heterocycles. The molecule has 6 nitrogen and oxygen atoms in total. The molecule has 1 saturated heterocycles. The van der Waals surface area contributed by atoms with Gasteiger partial charge in [-0.3, -0.25) is 9.36 Å². The predicted octanol–water partition coefficient (Wildman–Crippen LogP) is 3.01. The van der Waals surface area contributed by atoms with Crippen molar-refractivity contribution < 1.29 is 4.74 Å². The minimum absolute atomic E-state index is 0.194. The predicted molar refractivity (Wildman–Crippen MR) is 119 cm³/mol. The van der Waals surface area contributed by atoms with E-state index >= 15 is 0 Å². The highest BCUT2D eigenvalue weighted by Crippen LogP contribution is 2.41. The van der Waals surface area contributed by atoms with Gasteiger partial charge in [-0.2, -0.15) is 0 Å². The summed E-state index contributed by atoms with van der Waals surface area (Å²) in [6, 6.07) is 16.1. The molecule has 2 aliphatic heterocycles. The van der Waals surface area contributed by atoms with Gasteiger partial charge in [-0.1, -0.05) is 36.4 Å². The molecule has 30 heavy (non-hydrogen) atoms. The third-order valence-electron chi connectivity index (χ3n) is 6.44. The fraction of sp³-hybridized carbons (Fsp3) is 0.304. The van der Waals surface area contributed by atoms with E-state index in [0.29, 0.717) is 35.1 Å². The average molecular weight is 420 g/mol. The van der Waals surface area contributed by atoms with Gasteiger partial charge in [0.15, 0.2) is 0 Å². The first-order valence-corrected chi connectivity index (χ1v) is 11.1. The first-order valence-electron chi connectivity index (χ1n) is 10.3. The Balaban J connectivity index is 1.27. The van der Waals surface area contributed by atoms with Gasteiger partial charge in [-0.25, -0.2) is 4.79 Å². The van der Waals surface area contributed by atoms with Gasteiger partial charge < -0.3 is 14.6 Å². The number of H-pyrrole nitrogens is 1. The zero-order valence-electron chi connectivity index (χ0n) is 16.3. The van der Waals surface area contributed by atoms with Crippen LogP contribution in [0.15, 0.2) is 58.1 Å². The average Bonchev–Trinajstić information content (AvgIpc) is 3.35. The van der Waals surface area contributed by atoms with Crippen LogP contribution < -0.4 is 16.0 Å². The summed E-state index contributed by atoms with van der Waals surface area (Å²) in [4.78, 5) is 31.0. The molecule has 6 rings (SSSR count). The Morgan fingerprint density at radius 2 is 1.87 bits per heavy atom. The number of para-hydroxylation sites is 1. The molecule has 7 heteroatoms. The number of rotatable bonds is 3. The number of likely N-dealkylation sites (tertiary alicyclic amines) is 1. The standard InChI is InChI=1S/C23H21N3O3S/c27-22-21-20(16-6-2-4-8-19(16)30-21)24-23(28)26(22)10-9-25-11-14-13-29-18-7-3-1-5-15(18)17(14)12-25/h1-8,14,17H,9-13H2,(H,24,28)/t14-,17-/m1/s1. The van der Waals surface area contributed by atoms with Gasteiger partial charge >= 0.3 is 5.69 Å². The first kappa shape index (κ1) is 17.9. The lowest BCUT2D eigenvalue weighted by Gasteiger charge is -2.27. The van der Waals surface area contributed by atoms with Gasteiger partial charge in [-0.05, 0) is 17.7 Å². The summed E-state index contributed by atoms with van der Waals surface area (Å²) in [6.45, 7) is 3.65. The van der Waals surface area contributed by atoms with Crippen molar-refractivity contribution in [1.82, 2.24) is 14.5 Å². The van der Waals surface area contributed by atoms with Crippen LogP contribution in [0, 0.1) is 5.92 Å². The summed E-state index contributed by atoms with van der Waals surface area (Å²) in [5.41, 5.74) is 1.40. The Labute approximate surface area is 176 Å². The van der Waals surface area contributed by atoms with Crippen LogP contribution in [-0.4, -0.2) is 40.7 Å². The number of benzene rings is 2. The number of fused-ring (bicyclic) bond motifs is 6. The molecule has 0 unspecified atom stereocenters. The number of hydrogen-bond donors (Lipinski definition) is 1. The quantitative estimate of drug-likeness (QED) is 0.554. The fourth-order valence-electron chi connectivity index (χ4n) is 4.93. The van der Waals surface area contributed by atoms with Crippen molar-refractivity contribution in [3.05, 3.63) is 74.9 Å². The van der Waals surface area contributed by atoms with E-state index in [0.717, 1.165) is 35.5 Å². The summed E-state index contributed by atoms with van der Waals surface area (Å²) >= 11 is 1.44. The van der Waals surface area contributed by atoms with Gasteiger partial charge in [0.1, 0.15) is 10.4 Å². The van der Waals surface area contributed by atoms with Crippen LogP contribution in [0.3, 0.4) is 0 Å². The van der Waals surface area contributed by atoms with Crippen LogP contribution in [0.25, 0.3) is 20.3 Å². The Bertz CT molecular complexity index is 1390. The van der Waals surface area contributed by atoms with Crippen molar-refractivity contribution in [2.75, 3.05) is 26.2 Å². The Hall–Kier alpha value is -2.90. The summed E-state index contributed by atoms with van der Waals surface area (Å²) in [5, 5.41) is 0.932. The lowest BCUT2D eigenvalue weighted by Crippen LogP contribution is -2.38. The first-order chi connectivity index (χ1) is 14.7. The molecule has 1 fully saturated rings. The minimum atomic E-state index is -0.332. The summed E-state index contributed by atoms with van der Waals surface area (Å²) in [7, 11) is 0. The fourth-order valence-corrected chi connectivity index (χ4v) is 6.04. The van der Waals surface area contributed by atoms with Gasteiger partial charge in [0.05, 0.1) is 12.1 Å². The molecule has 2 aliphatic rings. The molecule has 0 spiro atoms. The monoisotopic (exact) mass is 419 g/mol. The number of nitrogens with zero attached hydrogens (tertiary/aromatic N) is 2. The maximum Gasteiger partial charge on any atom is 0.328 e. The van der Waals surface area contributed by atoms with E-state index in [-0.39, 0.29) is 11.2 Å². The topological polar surface area (TPSA) is 67.3 Å². The molecule has 2 atom stereocenters. The van der Waals surface area contributed by atoms with Crippen LogP contribution in [-0.2, 0) is 6.54 Å². The lowest BCUT2D eigenvalue weighted by molar-refractivity contribution is 0.212. The Morgan fingerprint density at radius 3 is 2.80 bits per heavy atom. The van der Waals surface area contributed by atoms with E-state index < -0.39 is 0 Å². The molecular weight excluding hydrogens is 398 g/mol. The van der Waals surface area contributed by atoms with Crippen molar-refractivity contribution in [3.8, 4) is 5.75 Å². The molecule has 4 heterocycles. The van der Waals surface area contributed by atoms with Crippen molar-refractivity contribution in [1.29, 1.82) is 0 Å². The maximum absolute atomic E-state index is 13.1. The van der Waals surface area contributed by atoms with Crippen molar-refractivity contribution in [2.45, 2.75) is 12.5 Å². The molecule has 152 valence electrons. The molecular formula is C23H21N3O3S. The van der Waals surface area contributed by atoms with Crippen LogP contribution in [0.4, 0.5) is 0 Å². The molecule has 1 N–H and O–H groups in total. The number of ether oxygens (including phenoxy) is 1. The second-order valence-corrected chi connectivity index (χ2v) is 9.22.